The van der Waals surface area contributed by atoms with E-state index in [9.17, 15) is 9.59 Å². The second kappa shape index (κ2) is 6.89. The molecule has 0 aromatic heterocycles. The Morgan fingerprint density at radius 1 is 1.30 bits per heavy atom. The normalized spacial score (nSPS) is 27.0. The Bertz CT molecular complexity index is 620. The molecule has 2 fully saturated rings. The SMILES string of the molecule is Cc1ccc(NC(=O)C[C@@H]2N[C@@H]3CCCC[C@H]3NC2=O)cc1Cl. The third-order valence-corrected chi connectivity index (χ3v) is 5.08. The molecule has 2 amide bonds. The van der Waals surface area contributed by atoms with Crippen LogP contribution in [0.15, 0.2) is 18.2 Å². The average molecular weight is 336 g/mol. The van der Waals surface area contributed by atoms with Crippen LogP contribution in [0, 0.1) is 6.92 Å². The summed E-state index contributed by atoms with van der Waals surface area (Å²) in [6.07, 6.45) is 4.52. The zero-order valence-electron chi connectivity index (χ0n) is 13.2. The maximum Gasteiger partial charge on any atom is 0.237 e. The maximum absolute atomic E-state index is 12.2. The quantitative estimate of drug-likeness (QED) is 0.794. The van der Waals surface area contributed by atoms with Gasteiger partial charge in [-0.1, -0.05) is 30.5 Å². The van der Waals surface area contributed by atoms with Gasteiger partial charge in [-0.05, 0) is 37.5 Å². The van der Waals surface area contributed by atoms with Crippen molar-refractivity contribution in [3.05, 3.63) is 28.8 Å². The molecule has 1 aliphatic carbocycles. The topological polar surface area (TPSA) is 70.2 Å². The van der Waals surface area contributed by atoms with Crippen molar-refractivity contribution in [1.82, 2.24) is 10.6 Å². The molecular formula is C17H22ClN3O2. The molecule has 1 saturated carbocycles. The van der Waals surface area contributed by atoms with E-state index in [4.69, 9.17) is 11.6 Å². The van der Waals surface area contributed by atoms with E-state index in [1.165, 1.54) is 6.42 Å². The van der Waals surface area contributed by atoms with Crippen LogP contribution in [0.3, 0.4) is 0 Å². The summed E-state index contributed by atoms with van der Waals surface area (Å²) in [7, 11) is 0. The van der Waals surface area contributed by atoms with Crippen molar-refractivity contribution >= 4 is 29.1 Å². The van der Waals surface area contributed by atoms with Gasteiger partial charge in [-0.15, -0.1) is 0 Å². The van der Waals surface area contributed by atoms with Crippen molar-refractivity contribution in [2.45, 2.75) is 57.2 Å². The predicted octanol–water partition coefficient (Wildman–Crippen LogP) is 2.38. The van der Waals surface area contributed by atoms with Crippen LogP contribution < -0.4 is 16.0 Å². The van der Waals surface area contributed by atoms with Gasteiger partial charge in [-0.25, -0.2) is 0 Å². The van der Waals surface area contributed by atoms with Gasteiger partial charge in [-0.2, -0.15) is 0 Å². The van der Waals surface area contributed by atoms with Gasteiger partial charge in [0.2, 0.25) is 11.8 Å². The first-order valence-electron chi connectivity index (χ1n) is 8.15. The van der Waals surface area contributed by atoms with Gasteiger partial charge in [0.1, 0.15) is 0 Å². The fourth-order valence-electron chi connectivity index (χ4n) is 3.34. The number of aryl methyl sites for hydroxylation is 1. The molecule has 1 saturated heterocycles. The van der Waals surface area contributed by atoms with Crippen LogP contribution in [0.4, 0.5) is 5.69 Å². The lowest BCUT2D eigenvalue weighted by atomic mass is 9.87. The molecular weight excluding hydrogens is 314 g/mol. The van der Waals surface area contributed by atoms with Crippen molar-refractivity contribution in [3.8, 4) is 0 Å². The molecule has 0 bridgehead atoms. The van der Waals surface area contributed by atoms with Gasteiger partial charge in [0.25, 0.3) is 0 Å². The second-order valence-electron chi connectivity index (χ2n) is 6.44. The minimum atomic E-state index is -0.463. The van der Waals surface area contributed by atoms with E-state index in [0.29, 0.717) is 10.7 Å². The number of fused-ring (bicyclic) bond motifs is 1. The van der Waals surface area contributed by atoms with Gasteiger partial charge in [0.15, 0.2) is 0 Å². The molecule has 23 heavy (non-hydrogen) atoms. The summed E-state index contributed by atoms with van der Waals surface area (Å²) in [6, 6.07) is 5.43. The number of piperazine rings is 1. The lowest BCUT2D eigenvalue weighted by Gasteiger charge is -2.40. The van der Waals surface area contributed by atoms with E-state index in [2.05, 4.69) is 16.0 Å². The Kier molecular flexibility index (Phi) is 4.87. The molecule has 3 atom stereocenters. The Labute approximate surface area is 141 Å². The molecule has 0 spiro atoms. The van der Waals surface area contributed by atoms with Crippen LogP contribution >= 0.6 is 11.6 Å². The Morgan fingerprint density at radius 2 is 2.04 bits per heavy atom. The van der Waals surface area contributed by atoms with Crippen molar-refractivity contribution in [2.75, 3.05) is 5.32 Å². The third kappa shape index (κ3) is 3.85. The summed E-state index contributed by atoms with van der Waals surface area (Å²) in [4.78, 5) is 24.4. The van der Waals surface area contributed by atoms with Crippen molar-refractivity contribution in [3.63, 3.8) is 0 Å². The summed E-state index contributed by atoms with van der Waals surface area (Å²) in [5, 5.41) is 9.81. The Balaban J connectivity index is 1.58. The largest absolute Gasteiger partial charge is 0.350 e. The number of amides is 2. The van der Waals surface area contributed by atoms with Crippen molar-refractivity contribution < 1.29 is 9.59 Å². The van der Waals surface area contributed by atoms with E-state index >= 15 is 0 Å². The van der Waals surface area contributed by atoms with E-state index in [0.717, 1.165) is 24.8 Å². The number of halogens is 1. The highest BCUT2D eigenvalue weighted by Crippen LogP contribution is 2.23. The first-order valence-corrected chi connectivity index (χ1v) is 8.53. The second-order valence-corrected chi connectivity index (χ2v) is 6.85. The van der Waals surface area contributed by atoms with Crippen LogP contribution in [-0.2, 0) is 9.59 Å². The Morgan fingerprint density at radius 3 is 2.78 bits per heavy atom. The number of rotatable bonds is 3. The summed E-state index contributed by atoms with van der Waals surface area (Å²) in [5.74, 6) is -0.267. The van der Waals surface area contributed by atoms with Crippen molar-refractivity contribution in [2.24, 2.45) is 0 Å². The van der Waals surface area contributed by atoms with Gasteiger partial charge >= 0.3 is 0 Å². The van der Waals surface area contributed by atoms with Crippen molar-refractivity contribution in [1.29, 1.82) is 0 Å². The molecule has 1 aromatic rings. The van der Waals surface area contributed by atoms with E-state index in [1.54, 1.807) is 6.07 Å². The molecule has 0 unspecified atom stereocenters. The van der Waals surface area contributed by atoms with E-state index in [-0.39, 0.29) is 30.3 Å². The number of carbonyl (C=O) groups excluding carboxylic acids is 2. The van der Waals surface area contributed by atoms with E-state index < -0.39 is 6.04 Å². The standard InChI is InChI=1S/C17H22ClN3O2/c1-10-6-7-11(8-12(10)18)19-16(22)9-15-17(23)21-14-5-3-2-4-13(14)20-15/h6-8,13-15,20H,2-5,9H2,1H3,(H,19,22)(H,21,23)/t13-,14-,15+/m1/s1. The molecule has 5 nitrogen and oxygen atoms in total. The minimum Gasteiger partial charge on any atom is -0.350 e. The first-order chi connectivity index (χ1) is 11.0. The highest BCUT2D eigenvalue weighted by Gasteiger charge is 2.36. The van der Waals surface area contributed by atoms with Gasteiger partial charge in [0, 0.05) is 22.8 Å². The van der Waals surface area contributed by atoms with Gasteiger partial charge in [0.05, 0.1) is 12.5 Å². The molecule has 3 N–H and O–H groups in total. The average Bonchev–Trinajstić information content (AvgIpc) is 2.51. The van der Waals surface area contributed by atoms with E-state index in [1.807, 2.05) is 19.1 Å². The zero-order valence-corrected chi connectivity index (χ0v) is 14.0. The van der Waals surface area contributed by atoms with Crippen LogP contribution in [0.5, 0.6) is 0 Å². The molecule has 1 aliphatic heterocycles. The summed E-state index contributed by atoms with van der Waals surface area (Å²) in [6.45, 7) is 1.91. The fourth-order valence-corrected chi connectivity index (χ4v) is 3.52. The van der Waals surface area contributed by atoms with Crippen LogP contribution in [-0.4, -0.2) is 29.9 Å². The predicted molar refractivity (Wildman–Crippen MR) is 90.5 cm³/mol. The highest BCUT2D eigenvalue weighted by molar-refractivity contribution is 6.31. The van der Waals surface area contributed by atoms with Crippen LogP contribution in [0.25, 0.3) is 0 Å². The van der Waals surface area contributed by atoms with Crippen LogP contribution in [0.2, 0.25) is 5.02 Å². The monoisotopic (exact) mass is 335 g/mol. The molecule has 2 aliphatic rings. The van der Waals surface area contributed by atoms with Gasteiger partial charge < -0.3 is 16.0 Å². The number of hydrogen-bond acceptors (Lipinski definition) is 3. The fraction of sp³-hybridized carbons (Fsp3) is 0.529. The number of carbonyl (C=O) groups is 2. The molecule has 1 heterocycles. The zero-order chi connectivity index (χ0) is 16.4. The first kappa shape index (κ1) is 16.3. The summed E-state index contributed by atoms with van der Waals surface area (Å²) in [5.41, 5.74) is 1.61. The lowest BCUT2D eigenvalue weighted by molar-refractivity contribution is -0.129. The smallest absolute Gasteiger partial charge is 0.237 e. The van der Waals surface area contributed by atoms with Gasteiger partial charge in [-0.3, -0.25) is 9.59 Å². The molecule has 3 rings (SSSR count). The number of hydrogen-bond donors (Lipinski definition) is 3. The summed E-state index contributed by atoms with van der Waals surface area (Å²) >= 11 is 6.06. The number of benzene rings is 1. The molecule has 124 valence electrons. The summed E-state index contributed by atoms with van der Waals surface area (Å²) < 4.78 is 0. The third-order valence-electron chi connectivity index (χ3n) is 4.67. The number of nitrogens with one attached hydrogen (secondary N) is 3. The number of anilines is 1. The van der Waals surface area contributed by atoms with Crippen LogP contribution in [0.1, 0.15) is 37.7 Å². The highest BCUT2D eigenvalue weighted by atomic mass is 35.5. The molecule has 1 aromatic carbocycles. The minimum absolute atomic E-state index is 0.0785. The molecule has 0 radical (unpaired) electrons. The Hall–Kier alpha value is -1.59. The lowest BCUT2D eigenvalue weighted by Crippen LogP contribution is -2.65. The maximum atomic E-state index is 12.2. The molecule has 6 heteroatoms.